The highest BCUT2D eigenvalue weighted by Crippen LogP contribution is 2.27. The Hall–Kier alpha value is -0.860. The molecule has 2 heteroatoms. The third-order valence-corrected chi connectivity index (χ3v) is 3.32. The van der Waals surface area contributed by atoms with E-state index in [0.717, 1.165) is 13.1 Å². The fourth-order valence-electron chi connectivity index (χ4n) is 2.47. The fraction of sp³-hybridized carbons (Fsp3) is 0.538. The van der Waals surface area contributed by atoms with Crippen LogP contribution in [0.15, 0.2) is 30.3 Å². The second-order valence-electron chi connectivity index (χ2n) is 4.31. The average molecular weight is 204 g/mol. The van der Waals surface area contributed by atoms with Crippen LogP contribution in [0, 0.1) is 0 Å². The molecule has 1 aliphatic heterocycles. The topological polar surface area (TPSA) is 38.0 Å². The summed E-state index contributed by atoms with van der Waals surface area (Å²) in [6, 6.07) is 11.2. The van der Waals surface area contributed by atoms with Gasteiger partial charge in [-0.25, -0.2) is 0 Å². The molecule has 0 amide bonds. The summed E-state index contributed by atoms with van der Waals surface area (Å²) in [5.41, 5.74) is 7.27. The van der Waals surface area contributed by atoms with Crippen LogP contribution in [0.5, 0.6) is 0 Å². The number of rotatable bonds is 2. The minimum atomic E-state index is 0.454. The Balaban J connectivity index is 2.16. The van der Waals surface area contributed by atoms with Crippen LogP contribution in [0.3, 0.4) is 0 Å². The average Bonchev–Trinajstić information content (AvgIpc) is 2.55. The van der Waals surface area contributed by atoms with E-state index in [1.165, 1.54) is 24.8 Å². The van der Waals surface area contributed by atoms with Crippen molar-refractivity contribution in [3.63, 3.8) is 0 Å². The number of nitrogens with two attached hydrogens (primary N) is 1. The normalized spacial score (nSPS) is 27.3. The first-order valence-corrected chi connectivity index (χ1v) is 5.90. The Morgan fingerprint density at radius 2 is 2.00 bits per heavy atom. The smallest absolute Gasteiger partial charge is 0.0258 e. The maximum Gasteiger partial charge on any atom is 0.0258 e. The summed E-state index contributed by atoms with van der Waals surface area (Å²) in [6.45, 7) is 1.85. The lowest BCUT2D eigenvalue weighted by Crippen LogP contribution is -2.40. The van der Waals surface area contributed by atoms with Gasteiger partial charge in [0.1, 0.15) is 0 Å². The first-order valence-electron chi connectivity index (χ1n) is 5.90. The van der Waals surface area contributed by atoms with Crippen LogP contribution in [0.25, 0.3) is 0 Å². The lowest BCUT2D eigenvalue weighted by molar-refractivity contribution is 0.457. The van der Waals surface area contributed by atoms with E-state index in [-0.39, 0.29) is 0 Å². The molecule has 0 aliphatic carbocycles. The van der Waals surface area contributed by atoms with Crippen LogP contribution < -0.4 is 11.1 Å². The fourth-order valence-corrected chi connectivity index (χ4v) is 2.47. The van der Waals surface area contributed by atoms with E-state index in [9.17, 15) is 0 Å². The lowest BCUT2D eigenvalue weighted by Gasteiger charge is -2.24. The molecule has 82 valence electrons. The van der Waals surface area contributed by atoms with Gasteiger partial charge in [0.05, 0.1) is 0 Å². The summed E-state index contributed by atoms with van der Waals surface area (Å²) in [5, 5.41) is 3.55. The largest absolute Gasteiger partial charge is 0.329 e. The predicted octanol–water partition coefficient (Wildman–Crippen LogP) is 1.87. The molecule has 0 saturated carbocycles. The second kappa shape index (κ2) is 5.29. The van der Waals surface area contributed by atoms with Crippen molar-refractivity contribution in [2.75, 3.05) is 13.1 Å². The lowest BCUT2D eigenvalue weighted by atomic mass is 9.88. The van der Waals surface area contributed by atoms with Crippen molar-refractivity contribution in [3.05, 3.63) is 35.9 Å². The van der Waals surface area contributed by atoms with E-state index in [0.29, 0.717) is 12.0 Å². The summed E-state index contributed by atoms with van der Waals surface area (Å²) in [7, 11) is 0. The zero-order valence-electron chi connectivity index (χ0n) is 9.15. The maximum atomic E-state index is 5.84. The van der Waals surface area contributed by atoms with Crippen LogP contribution in [0.2, 0.25) is 0 Å². The molecule has 1 saturated heterocycles. The van der Waals surface area contributed by atoms with Crippen LogP contribution in [0.1, 0.15) is 30.7 Å². The van der Waals surface area contributed by atoms with Gasteiger partial charge >= 0.3 is 0 Å². The van der Waals surface area contributed by atoms with Gasteiger partial charge in [0.2, 0.25) is 0 Å². The van der Waals surface area contributed by atoms with Gasteiger partial charge in [-0.3, -0.25) is 0 Å². The van der Waals surface area contributed by atoms with Gasteiger partial charge in [0.15, 0.2) is 0 Å². The van der Waals surface area contributed by atoms with Gasteiger partial charge < -0.3 is 11.1 Å². The summed E-state index contributed by atoms with van der Waals surface area (Å²) >= 11 is 0. The zero-order chi connectivity index (χ0) is 10.5. The third kappa shape index (κ3) is 2.58. The van der Waals surface area contributed by atoms with Crippen molar-refractivity contribution in [1.29, 1.82) is 0 Å². The molecule has 1 fully saturated rings. The van der Waals surface area contributed by atoms with E-state index >= 15 is 0 Å². The first-order chi connectivity index (χ1) is 7.42. The second-order valence-corrected chi connectivity index (χ2v) is 4.31. The van der Waals surface area contributed by atoms with Crippen molar-refractivity contribution in [2.24, 2.45) is 5.73 Å². The van der Waals surface area contributed by atoms with E-state index in [1.54, 1.807) is 0 Å². The zero-order valence-corrected chi connectivity index (χ0v) is 9.15. The third-order valence-electron chi connectivity index (χ3n) is 3.32. The molecule has 1 aliphatic rings. The van der Waals surface area contributed by atoms with Gasteiger partial charge in [-0.2, -0.15) is 0 Å². The highest BCUT2D eigenvalue weighted by Gasteiger charge is 2.23. The van der Waals surface area contributed by atoms with Crippen LogP contribution in [-0.4, -0.2) is 19.1 Å². The molecular weight excluding hydrogens is 184 g/mol. The molecule has 15 heavy (non-hydrogen) atoms. The van der Waals surface area contributed by atoms with Gasteiger partial charge in [-0.05, 0) is 24.9 Å². The number of benzene rings is 1. The Labute approximate surface area is 91.9 Å². The number of hydrogen-bond acceptors (Lipinski definition) is 2. The van der Waals surface area contributed by atoms with E-state index < -0.39 is 0 Å². The Morgan fingerprint density at radius 3 is 2.73 bits per heavy atom. The highest BCUT2D eigenvalue weighted by molar-refractivity contribution is 5.21. The molecular formula is C13H20N2. The maximum absolute atomic E-state index is 5.84. The molecule has 2 rings (SSSR count). The van der Waals surface area contributed by atoms with Gasteiger partial charge in [-0.15, -0.1) is 0 Å². The first kappa shape index (κ1) is 10.7. The van der Waals surface area contributed by atoms with E-state index in [1.807, 2.05) is 0 Å². The molecule has 1 heterocycles. The highest BCUT2D eigenvalue weighted by atomic mass is 14.9. The molecule has 2 nitrogen and oxygen atoms in total. The minimum absolute atomic E-state index is 0.454. The Morgan fingerprint density at radius 1 is 1.20 bits per heavy atom. The SMILES string of the molecule is NCC1NCCCCC1c1ccccc1. The van der Waals surface area contributed by atoms with E-state index in [4.69, 9.17) is 5.73 Å². The summed E-state index contributed by atoms with van der Waals surface area (Å²) in [5.74, 6) is 0.596. The van der Waals surface area contributed by atoms with Crippen LogP contribution in [-0.2, 0) is 0 Å². The molecule has 0 radical (unpaired) electrons. The summed E-state index contributed by atoms with van der Waals surface area (Å²) in [4.78, 5) is 0. The Kier molecular flexibility index (Phi) is 3.75. The molecule has 0 bridgehead atoms. The number of hydrogen-bond donors (Lipinski definition) is 2. The van der Waals surface area contributed by atoms with Gasteiger partial charge in [0.25, 0.3) is 0 Å². The number of nitrogens with one attached hydrogen (secondary N) is 1. The standard InChI is InChI=1S/C13H20N2/c14-10-13-12(8-4-5-9-15-13)11-6-2-1-3-7-11/h1-3,6-7,12-13,15H,4-5,8-10,14H2. The summed E-state index contributed by atoms with van der Waals surface area (Å²) < 4.78 is 0. The van der Waals surface area contributed by atoms with Crippen molar-refractivity contribution in [1.82, 2.24) is 5.32 Å². The van der Waals surface area contributed by atoms with E-state index in [2.05, 4.69) is 35.6 Å². The molecule has 1 aromatic rings. The van der Waals surface area contributed by atoms with Crippen LogP contribution >= 0.6 is 0 Å². The van der Waals surface area contributed by atoms with Gasteiger partial charge in [0, 0.05) is 18.5 Å². The molecule has 3 N–H and O–H groups in total. The monoisotopic (exact) mass is 204 g/mol. The van der Waals surface area contributed by atoms with Gasteiger partial charge in [-0.1, -0.05) is 36.8 Å². The quantitative estimate of drug-likeness (QED) is 0.772. The van der Waals surface area contributed by atoms with Crippen LogP contribution in [0.4, 0.5) is 0 Å². The molecule has 0 spiro atoms. The van der Waals surface area contributed by atoms with Crippen molar-refractivity contribution in [3.8, 4) is 0 Å². The van der Waals surface area contributed by atoms with Crippen molar-refractivity contribution in [2.45, 2.75) is 31.2 Å². The Bertz CT molecular complexity index is 284. The summed E-state index contributed by atoms with van der Waals surface area (Å²) in [6.07, 6.45) is 3.85. The molecule has 2 atom stereocenters. The van der Waals surface area contributed by atoms with Crippen molar-refractivity contribution < 1.29 is 0 Å². The molecule has 0 aromatic heterocycles. The molecule has 2 unspecified atom stereocenters. The van der Waals surface area contributed by atoms with Crippen molar-refractivity contribution >= 4 is 0 Å². The molecule has 1 aromatic carbocycles. The predicted molar refractivity (Wildman–Crippen MR) is 63.9 cm³/mol. The minimum Gasteiger partial charge on any atom is -0.329 e.